The van der Waals surface area contributed by atoms with E-state index in [1.807, 2.05) is 6.07 Å². The first-order valence-corrected chi connectivity index (χ1v) is 4.38. The molecule has 12 heavy (non-hydrogen) atoms. The van der Waals surface area contributed by atoms with E-state index in [0.717, 1.165) is 12.8 Å². The van der Waals surface area contributed by atoms with Crippen LogP contribution in [0.15, 0.2) is 18.2 Å². The molecule has 0 amide bonds. The summed E-state index contributed by atoms with van der Waals surface area (Å²) >= 11 is 0. The SMILES string of the molecule is CC1(C)CCc2ccc(F)cc21. The Bertz CT molecular complexity index is 313. The van der Waals surface area contributed by atoms with Crippen LogP contribution in [0, 0.1) is 5.82 Å². The van der Waals surface area contributed by atoms with Crippen molar-refractivity contribution in [3.8, 4) is 0 Å². The molecule has 0 spiro atoms. The zero-order valence-corrected chi connectivity index (χ0v) is 7.52. The maximum absolute atomic E-state index is 12.9. The van der Waals surface area contributed by atoms with E-state index in [0.29, 0.717) is 0 Å². The Labute approximate surface area is 72.4 Å². The molecule has 1 aliphatic rings. The summed E-state index contributed by atoms with van der Waals surface area (Å²) in [5, 5.41) is 0. The van der Waals surface area contributed by atoms with Crippen LogP contribution < -0.4 is 0 Å². The molecule has 0 saturated heterocycles. The molecule has 0 aromatic heterocycles. The normalized spacial score (nSPS) is 19.2. The first-order chi connectivity index (χ1) is 5.59. The maximum Gasteiger partial charge on any atom is 0.123 e. The van der Waals surface area contributed by atoms with Crippen LogP contribution in [0.25, 0.3) is 0 Å². The van der Waals surface area contributed by atoms with Crippen molar-refractivity contribution in [3.63, 3.8) is 0 Å². The minimum Gasteiger partial charge on any atom is -0.207 e. The smallest absolute Gasteiger partial charge is 0.123 e. The molecule has 0 aliphatic heterocycles. The van der Waals surface area contributed by atoms with Crippen molar-refractivity contribution >= 4 is 0 Å². The summed E-state index contributed by atoms with van der Waals surface area (Å²) in [4.78, 5) is 0. The third-order valence-electron chi connectivity index (χ3n) is 2.82. The van der Waals surface area contributed by atoms with Gasteiger partial charge in [-0.3, -0.25) is 0 Å². The van der Waals surface area contributed by atoms with E-state index in [1.54, 1.807) is 12.1 Å². The lowest BCUT2D eigenvalue weighted by atomic mass is 9.87. The van der Waals surface area contributed by atoms with Gasteiger partial charge >= 0.3 is 0 Å². The van der Waals surface area contributed by atoms with Crippen molar-refractivity contribution in [1.82, 2.24) is 0 Å². The monoisotopic (exact) mass is 164 g/mol. The highest BCUT2D eigenvalue weighted by Crippen LogP contribution is 2.38. The molecule has 1 aromatic carbocycles. The van der Waals surface area contributed by atoms with E-state index >= 15 is 0 Å². The van der Waals surface area contributed by atoms with Gasteiger partial charge in [0.1, 0.15) is 5.82 Å². The Morgan fingerprint density at radius 2 is 2.08 bits per heavy atom. The summed E-state index contributed by atoms with van der Waals surface area (Å²) < 4.78 is 12.9. The second-order valence-electron chi connectivity index (χ2n) is 4.19. The van der Waals surface area contributed by atoms with Crippen molar-refractivity contribution in [2.24, 2.45) is 0 Å². The predicted octanol–water partition coefficient (Wildman–Crippen LogP) is 3.05. The van der Waals surface area contributed by atoms with Crippen molar-refractivity contribution in [2.75, 3.05) is 0 Å². The number of hydrogen-bond donors (Lipinski definition) is 0. The highest BCUT2D eigenvalue weighted by molar-refractivity contribution is 5.38. The number of rotatable bonds is 0. The summed E-state index contributed by atoms with van der Waals surface area (Å²) in [5.41, 5.74) is 2.70. The van der Waals surface area contributed by atoms with E-state index in [9.17, 15) is 4.39 Å². The third-order valence-corrected chi connectivity index (χ3v) is 2.82. The highest BCUT2D eigenvalue weighted by Gasteiger charge is 2.29. The summed E-state index contributed by atoms with van der Waals surface area (Å²) in [6, 6.07) is 5.15. The molecule has 0 atom stereocenters. The zero-order valence-electron chi connectivity index (χ0n) is 7.52. The molecule has 0 heterocycles. The summed E-state index contributed by atoms with van der Waals surface area (Å²) in [6.45, 7) is 4.36. The molecule has 2 rings (SSSR count). The van der Waals surface area contributed by atoms with Crippen molar-refractivity contribution in [1.29, 1.82) is 0 Å². The van der Waals surface area contributed by atoms with Crippen LogP contribution in [0.4, 0.5) is 4.39 Å². The van der Waals surface area contributed by atoms with Gasteiger partial charge in [-0.2, -0.15) is 0 Å². The molecule has 0 fully saturated rings. The Kier molecular flexibility index (Phi) is 1.50. The molecular weight excluding hydrogens is 151 g/mol. The average Bonchev–Trinajstić information content (AvgIpc) is 2.28. The van der Waals surface area contributed by atoms with Crippen LogP contribution in [0.2, 0.25) is 0 Å². The lowest BCUT2D eigenvalue weighted by Crippen LogP contribution is -2.11. The van der Waals surface area contributed by atoms with E-state index in [1.165, 1.54) is 11.1 Å². The Morgan fingerprint density at radius 3 is 2.83 bits per heavy atom. The highest BCUT2D eigenvalue weighted by atomic mass is 19.1. The molecule has 1 aliphatic carbocycles. The minimum absolute atomic E-state index is 0.108. The van der Waals surface area contributed by atoms with E-state index < -0.39 is 0 Å². The molecule has 0 saturated carbocycles. The number of hydrogen-bond acceptors (Lipinski definition) is 0. The lowest BCUT2D eigenvalue weighted by Gasteiger charge is -2.18. The van der Waals surface area contributed by atoms with Crippen LogP contribution >= 0.6 is 0 Å². The van der Waals surface area contributed by atoms with Crippen LogP contribution in [0.5, 0.6) is 0 Å². The fraction of sp³-hybridized carbons (Fsp3) is 0.455. The molecular formula is C11H13F. The fourth-order valence-corrected chi connectivity index (χ4v) is 1.98. The minimum atomic E-state index is -0.108. The zero-order chi connectivity index (χ0) is 8.77. The Hall–Kier alpha value is -0.850. The molecule has 64 valence electrons. The number of fused-ring (bicyclic) bond motifs is 1. The maximum atomic E-state index is 12.9. The number of aryl methyl sites for hydroxylation is 1. The summed E-state index contributed by atoms with van der Waals surface area (Å²) in [5.74, 6) is -0.108. The largest absolute Gasteiger partial charge is 0.207 e. The first kappa shape index (κ1) is 7.78. The van der Waals surface area contributed by atoms with Gasteiger partial charge in [0.2, 0.25) is 0 Å². The standard InChI is InChI=1S/C11H13F/c1-11(2)6-5-8-3-4-9(12)7-10(8)11/h3-4,7H,5-6H2,1-2H3. The fourth-order valence-electron chi connectivity index (χ4n) is 1.98. The van der Waals surface area contributed by atoms with Crippen LogP contribution in [0.1, 0.15) is 31.4 Å². The van der Waals surface area contributed by atoms with Gasteiger partial charge in [0, 0.05) is 0 Å². The molecule has 0 nitrogen and oxygen atoms in total. The van der Waals surface area contributed by atoms with Gasteiger partial charge in [0.25, 0.3) is 0 Å². The van der Waals surface area contributed by atoms with Gasteiger partial charge in [0.05, 0.1) is 0 Å². The van der Waals surface area contributed by atoms with Gasteiger partial charge in [-0.15, -0.1) is 0 Å². The van der Waals surface area contributed by atoms with Gasteiger partial charge in [-0.05, 0) is 41.5 Å². The quantitative estimate of drug-likeness (QED) is 0.553. The third kappa shape index (κ3) is 1.04. The second-order valence-corrected chi connectivity index (χ2v) is 4.19. The number of benzene rings is 1. The molecule has 0 bridgehead atoms. The van der Waals surface area contributed by atoms with E-state index in [4.69, 9.17) is 0 Å². The van der Waals surface area contributed by atoms with Crippen molar-refractivity contribution in [3.05, 3.63) is 35.1 Å². The first-order valence-electron chi connectivity index (χ1n) is 4.38. The molecule has 0 unspecified atom stereocenters. The van der Waals surface area contributed by atoms with Crippen molar-refractivity contribution < 1.29 is 4.39 Å². The molecule has 1 heteroatoms. The van der Waals surface area contributed by atoms with Crippen LogP contribution in [0.3, 0.4) is 0 Å². The Morgan fingerprint density at radius 1 is 1.33 bits per heavy atom. The van der Waals surface area contributed by atoms with Crippen LogP contribution in [-0.4, -0.2) is 0 Å². The average molecular weight is 164 g/mol. The number of halogens is 1. The van der Waals surface area contributed by atoms with Gasteiger partial charge in [-0.1, -0.05) is 19.9 Å². The lowest BCUT2D eigenvalue weighted by molar-refractivity contribution is 0.518. The second kappa shape index (κ2) is 2.32. The molecule has 0 N–H and O–H groups in total. The van der Waals surface area contributed by atoms with E-state index in [2.05, 4.69) is 13.8 Å². The summed E-state index contributed by atoms with van der Waals surface area (Å²) in [6.07, 6.45) is 2.24. The topological polar surface area (TPSA) is 0 Å². The van der Waals surface area contributed by atoms with Gasteiger partial charge in [-0.25, -0.2) is 4.39 Å². The Balaban J connectivity index is 2.57. The molecule has 1 aromatic rings. The van der Waals surface area contributed by atoms with Gasteiger partial charge < -0.3 is 0 Å². The molecule has 0 radical (unpaired) electrons. The summed E-state index contributed by atoms with van der Waals surface area (Å²) in [7, 11) is 0. The predicted molar refractivity (Wildman–Crippen MR) is 47.7 cm³/mol. The van der Waals surface area contributed by atoms with Crippen molar-refractivity contribution in [2.45, 2.75) is 32.1 Å². The van der Waals surface area contributed by atoms with E-state index in [-0.39, 0.29) is 11.2 Å². The van der Waals surface area contributed by atoms with Gasteiger partial charge in [0.15, 0.2) is 0 Å². The van der Waals surface area contributed by atoms with Crippen LogP contribution in [-0.2, 0) is 11.8 Å².